The van der Waals surface area contributed by atoms with Crippen LogP contribution in [0.3, 0.4) is 0 Å². The molecule has 0 amide bonds. The van der Waals surface area contributed by atoms with Gasteiger partial charge in [0.25, 0.3) is 0 Å². The fourth-order valence-corrected chi connectivity index (χ4v) is 4.93. The number of rotatable bonds is 8. The quantitative estimate of drug-likeness (QED) is 0.347. The molecule has 0 bridgehead atoms. The van der Waals surface area contributed by atoms with Crippen molar-refractivity contribution in [2.45, 2.75) is 71.6 Å². The van der Waals surface area contributed by atoms with Gasteiger partial charge in [0.05, 0.1) is 6.10 Å². The van der Waals surface area contributed by atoms with E-state index in [1.165, 1.54) is 27.9 Å². The van der Waals surface area contributed by atoms with Crippen LogP contribution in [-0.4, -0.2) is 43.3 Å². The van der Waals surface area contributed by atoms with Crippen molar-refractivity contribution in [2.75, 3.05) is 7.11 Å². The molecule has 1 fully saturated rings. The van der Waals surface area contributed by atoms with E-state index in [9.17, 15) is 14.4 Å². The SMILES string of the molecule is CC[C@H]1OC(OC)(c2ccc(Cl)c(Cc3ccc(OC(C)=O)cc3)c2)[C@H](OC(C)=O)[C@@H](OC(C)=O)[C@@H]1C. The first-order valence-electron chi connectivity index (χ1n) is 12.1. The molecule has 0 aromatic heterocycles. The van der Waals surface area contributed by atoms with Crippen molar-refractivity contribution in [3.8, 4) is 5.75 Å². The van der Waals surface area contributed by atoms with Gasteiger partial charge in [-0.05, 0) is 48.2 Å². The average molecular weight is 533 g/mol. The lowest BCUT2D eigenvalue weighted by Gasteiger charge is -2.50. The van der Waals surface area contributed by atoms with Crippen molar-refractivity contribution in [3.05, 3.63) is 64.2 Å². The van der Waals surface area contributed by atoms with E-state index in [-0.39, 0.29) is 12.0 Å². The van der Waals surface area contributed by atoms with Crippen LogP contribution in [0.5, 0.6) is 5.75 Å². The van der Waals surface area contributed by atoms with Crippen molar-refractivity contribution in [2.24, 2.45) is 5.92 Å². The molecular weight excluding hydrogens is 500 g/mol. The normalized spacial score (nSPS) is 25.3. The molecule has 8 nitrogen and oxygen atoms in total. The maximum Gasteiger partial charge on any atom is 0.308 e. The summed E-state index contributed by atoms with van der Waals surface area (Å²) < 4.78 is 29.0. The highest BCUT2D eigenvalue weighted by molar-refractivity contribution is 6.31. The predicted molar refractivity (Wildman–Crippen MR) is 136 cm³/mol. The van der Waals surface area contributed by atoms with E-state index >= 15 is 0 Å². The molecule has 3 rings (SSSR count). The highest BCUT2D eigenvalue weighted by atomic mass is 35.5. The van der Waals surface area contributed by atoms with Crippen LogP contribution in [-0.2, 0) is 45.5 Å². The lowest BCUT2D eigenvalue weighted by atomic mass is 9.81. The standard InChI is InChI=1S/C28H33ClO8/c1-7-25-16(2)26(35-18(4)31)27(36-19(5)32)28(33-6,37-25)22-10-13-24(29)21(15-22)14-20-8-11-23(12-9-20)34-17(3)30/h8-13,15-16,25-27H,7,14H2,1-6H3/t16-,25-,26+,27-,28?/m1/s1. The van der Waals surface area contributed by atoms with Crippen molar-refractivity contribution in [1.82, 2.24) is 0 Å². The lowest BCUT2D eigenvalue weighted by molar-refractivity contribution is -0.356. The number of carbonyl (C=O) groups is 3. The monoisotopic (exact) mass is 532 g/mol. The molecule has 5 atom stereocenters. The number of hydrogen-bond donors (Lipinski definition) is 0. The Morgan fingerprint density at radius 2 is 1.62 bits per heavy atom. The largest absolute Gasteiger partial charge is 0.458 e. The van der Waals surface area contributed by atoms with Crippen LogP contribution in [0.15, 0.2) is 42.5 Å². The first-order valence-corrected chi connectivity index (χ1v) is 12.5. The molecule has 1 unspecified atom stereocenters. The topological polar surface area (TPSA) is 97.4 Å². The molecule has 2 aromatic rings. The smallest absolute Gasteiger partial charge is 0.308 e. The molecule has 200 valence electrons. The molecule has 1 aliphatic heterocycles. The van der Waals surface area contributed by atoms with Crippen molar-refractivity contribution >= 4 is 29.5 Å². The van der Waals surface area contributed by atoms with Crippen LogP contribution in [0.4, 0.5) is 0 Å². The van der Waals surface area contributed by atoms with Gasteiger partial charge in [-0.15, -0.1) is 0 Å². The summed E-state index contributed by atoms with van der Waals surface area (Å²) in [6.07, 6.45) is -1.12. The number of ether oxygens (including phenoxy) is 5. The Morgan fingerprint density at radius 3 is 2.16 bits per heavy atom. The Bertz CT molecular complexity index is 1130. The molecule has 1 saturated heterocycles. The van der Waals surface area contributed by atoms with Gasteiger partial charge in [0, 0.05) is 44.4 Å². The van der Waals surface area contributed by atoms with Gasteiger partial charge in [0.1, 0.15) is 11.9 Å². The second-order valence-corrected chi connectivity index (χ2v) is 9.53. The fourth-order valence-electron chi connectivity index (χ4n) is 4.74. The first kappa shape index (κ1) is 28.6. The third-order valence-electron chi connectivity index (χ3n) is 6.43. The van der Waals surface area contributed by atoms with Gasteiger partial charge in [-0.3, -0.25) is 14.4 Å². The van der Waals surface area contributed by atoms with E-state index in [4.69, 9.17) is 35.3 Å². The Hall–Kier alpha value is -2.94. The molecule has 1 heterocycles. The zero-order valence-corrected chi connectivity index (χ0v) is 22.7. The van der Waals surface area contributed by atoms with Crippen LogP contribution < -0.4 is 4.74 Å². The molecule has 0 saturated carbocycles. The van der Waals surface area contributed by atoms with Crippen LogP contribution in [0.25, 0.3) is 0 Å². The summed E-state index contributed by atoms with van der Waals surface area (Å²) >= 11 is 6.57. The van der Waals surface area contributed by atoms with Crippen LogP contribution >= 0.6 is 11.6 Å². The van der Waals surface area contributed by atoms with Crippen LogP contribution in [0.2, 0.25) is 5.02 Å². The minimum absolute atomic E-state index is 0.260. The van der Waals surface area contributed by atoms with Crippen molar-refractivity contribution < 1.29 is 38.1 Å². The predicted octanol–water partition coefficient (Wildman–Crippen LogP) is 4.96. The van der Waals surface area contributed by atoms with Gasteiger partial charge in [-0.1, -0.05) is 43.6 Å². The van der Waals surface area contributed by atoms with Gasteiger partial charge in [0.2, 0.25) is 5.79 Å². The van der Waals surface area contributed by atoms with E-state index < -0.39 is 35.9 Å². The van der Waals surface area contributed by atoms with E-state index in [1.807, 2.05) is 32.0 Å². The summed E-state index contributed by atoms with van der Waals surface area (Å²) in [6.45, 7) is 7.80. The maximum absolute atomic E-state index is 12.2. The van der Waals surface area contributed by atoms with Crippen molar-refractivity contribution in [1.29, 1.82) is 0 Å². The number of methoxy groups -OCH3 is 1. The van der Waals surface area contributed by atoms with Crippen LogP contribution in [0, 0.1) is 5.92 Å². The first-order chi connectivity index (χ1) is 17.5. The van der Waals surface area contributed by atoms with E-state index in [1.54, 1.807) is 24.3 Å². The number of benzene rings is 2. The zero-order valence-electron chi connectivity index (χ0n) is 21.9. The number of hydrogen-bond acceptors (Lipinski definition) is 8. The third-order valence-corrected chi connectivity index (χ3v) is 6.80. The summed E-state index contributed by atoms with van der Waals surface area (Å²) in [4.78, 5) is 35.4. The summed E-state index contributed by atoms with van der Waals surface area (Å²) in [7, 11) is 1.46. The van der Waals surface area contributed by atoms with Crippen molar-refractivity contribution in [3.63, 3.8) is 0 Å². The number of esters is 3. The lowest BCUT2D eigenvalue weighted by Crippen LogP contribution is -2.62. The average Bonchev–Trinajstić information content (AvgIpc) is 2.84. The second-order valence-electron chi connectivity index (χ2n) is 9.12. The van der Waals surface area contributed by atoms with Gasteiger partial charge in [-0.2, -0.15) is 0 Å². The Labute approximate surface area is 222 Å². The zero-order chi connectivity index (χ0) is 27.3. The van der Waals surface area contributed by atoms with E-state index in [0.29, 0.717) is 29.2 Å². The molecule has 9 heteroatoms. The molecule has 37 heavy (non-hydrogen) atoms. The van der Waals surface area contributed by atoms with Gasteiger partial charge < -0.3 is 23.7 Å². The van der Waals surface area contributed by atoms with Gasteiger partial charge in [-0.25, -0.2) is 0 Å². The minimum atomic E-state index is -1.54. The number of halogens is 1. The Morgan fingerprint density at radius 1 is 0.973 bits per heavy atom. The molecule has 0 radical (unpaired) electrons. The molecule has 0 aliphatic carbocycles. The van der Waals surface area contributed by atoms with Gasteiger partial charge in [0.15, 0.2) is 6.10 Å². The summed E-state index contributed by atoms with van der Waals surface area (Å²) in [5, 5.41) is 0.524. The van der Waals surface area contributed by atoms with Crippen LogP contribution in [0.1, 0.15) is 57.7 Å². The second kappa shape index (κ2) is 12.1. The highest BCUT2D eigenvalue weighted by Gasteiger charge is 2.58. The molecule has 2 aromatic carbocycles. The third kappa shape index (κ3) is 6.50. The molecule has 0 N–H and O–H groups in total. The summed E-state index contributed by atoms with van der Waals surface area (Å²) in [5.41, 5.74) is 2.27. The maximum atomic E-state index is 12.2. The highest BCUT2D eigenvalue weighted by Crippen LogP contribution is 2.45. The Kier molecular flexibility index (Phi) is 9.34. The minimum Gasteiger partial charge on any atom is -0.458 e. The van der Waals surface area contributed by atoms with E-state index in [2.05, 4.69) is 0 Å². The molecule has 0 spiro atoms. The van der Waals surface area contributed by atoms with Gasteiger partial charge >= 0.3 is 17.9 Å². The number of carbonyl (C=O) groups excluding carboxylic acids is 3. The summed E-state index contributed by atoms with van der Waals surface area (Å²) in [5.74, 6) is -2.80. The molecule has 1 aliphatic rings. The molecular formula is C28H33ClO8. The fraction of sp³-hybridized carbons (Fsp3) is 0.464. The van der Waals surface area contributed by atoms with E-state index in [0.717, 1.165) is 11.1 Å². The summed E-state index contributed by atoms with van der Waals surface area (Å²) in [6, 6.07) is 12.4. The Balaban J connectivity index is 2.05.